The standard InChI is InChI=1S/C12H16ClFN2/c1-12(5-6-15-8-12)16-7-9-10(13)3-2-4-11(9)14/h2-4,15-16H,5-8H2,1H3. The molecular weight excluding hydrogens is 227 g/mol. The first-order chi connectivity index (χ1) is 7.61. The fourth-order valence-electron chi connectivity index (χ4n) is 1.97. The summed E-state index contributed by atoms with van der Waals surface area (Å²) >= 11 is 5.96. The van der Waals surface area contributed by atoms with E-state index < -0.39 is 0 Å². The molecule has 4 heteroatoms. The average Bonchev–Trinajstić information content (AvgIpc) is 2.65. The third-order valence-corrected chi connectivity index (χ3v) is 3.48. The second kappa shape index (κ2) is 4.70. The van der Waals surface area contributed by atoms with Gasteiger partial charge in [-0.1, -0.05) is 17.7 Å². The molecule has 0 saturated carbocycles. The highest BCUT2D eigenvalue weighted by atomic mass is 35.5. The summed E-state index contributed by atoms with van der Waals surface area (Å²) in [7, 11) is 0. The highest BCUT2D eigenvalue weighted by molar-refractivity contribution is 6.31. The summed E-state index contributed by atoms with van der Waals surface area (Å²) in [6, 6.07) is 4.79. The van der Waals surface area contributed by atoms with Crippen molar-refractivity contribution in [3.8, 4) is 0 Å². The van der Waals surface area contributed by atoms with Crippen molar-refractivity contribution in [1.29, 1.82) is 0 Å². The van der Waals surface area contributed by atoms with Gasteiger partial charge in [-0.05, 0) is 32.0 Å². The maximum absolute atomic E-state index is 13.5. The Morgan fingerprint density at radius 1 is 1.56 bits per heavy atom. The summed E-state index contributed by atoms with van der Waals surface area (Å²) in [6.45, 7) is 4.54. The van der Waals surface area contributed by atoms with Crippen LogP contribution in [0.1, 0.15) is 18.9 Å². The largest absolute Gasteiger partial charge is 0.315 e. The van der Waals surface area contributed by atoms with Gasteiger partial charge < -0.3 is 10.6 Å². The molecule has 1 aliphatic heterocycles. The van der Waals surface area contributed by atoms with Gasteiger partial charge in [-0.25, -0.2) is 4.39 Å². The van der Waals surface area contributed by atoms with Gasteiger partial charge in [-0.3, -0.25) is 0 Å². The van der Waals surface area contributed by atoms with Crippen LogP contribution in [0.25, 0.3) is 0 Å². The molecule has 1 fully saturated rings. The Kier molecular flexibility index (Phi) is 3.47. The molecule has 0 aliphatic carbocycles. The molecule has 2 nitrogen and oxygen atoms in total. The highest BCUT2D eigenvalue weighted by Gasteiger charge is 2.27. The fraction of sp³-hybridized carbons (Fsp3) is 0.500. The molecule has 16 heavy (non-hydrogen) atoms. The van der Waals surface area contributed by atoms with Crippen LogP contribution < -0.4 is 10.6 Å². The molecule has 0 amide bonds. The molecular formula is C12H16ClFN2. The summed E-state index contributed by atoms with van der Waals surface area (Å²) < 4.78 is 13.5. The van der Waals surface area contributed by atoms with Gasteiger partial charge in [-0.2, -0.15) is 0 Å². The molecule has 0 aromatic heterocycles. The minimum Gasteiger partial charge on any atom is -0.315 e. The lowest BCUT2D eigenvalue weighted by molar-refractivity contribution is 0.382. The van der Waals surface area contributed by atoms with Crippen molar-refractivity contribution in [3.05, 3.63) is 34.6 Å². The highest BCUT2D eigenvalue weighted by Crippen LogP contribution is 2.21. The molecule has 1 heterocycles. The van der Waals surface area contributed by atoms with E-state index in [0.29, 0.717) is 17.1 Å². The van der Waals surface area contributed by atoms with E-state index in [1.54, 1.807) is 12.1 Å². The Morgan fingerprint density at radius 3 is 3.00 bits per heavy atom. The maximum Gasteiger partial charge on any atom is 0.129 e. The third-order valence-electron chi connectivity index (χ3n) is 3.12. The van der Waals surface area contributed by atoms with E-state index >= 15 is 0 Å². The van der Waals surface area contributed by atoms with Gasteiger partial charge in [0.2, 0.25) is 0 Å². The van der Waals surface area contributed by atoms with E-state index in [-0.39, 0.29) is 11.4 Å². The summed E-state index contributed by atoms with van der Waals surface area (Å²) in [6.07, 6.45) is 1.05. The molecule has 2 rings (SSSR count). The van der Waals surface area contributed by atoms with E-state index in [1.807, 2.05) is 0 Å². The van der Waals surface area contributed by atoms with Gasteiger partial charge >= 0.3 is 0 Å². The Labute approximate surface area is 100 Å². The quantitative estimate of drug-likeness (QED) is 0.850. The molecule has 1 unspecified atom stereocenters. The smallest absolute Gasteiger partial charge is 0.129 e. The summed E-state index contributed by atoms with van der Waals surface area (Å²) in [5.41, 5.74) is 0.600. The average molecular weight is 243 g/mol. The van der Waals surface area contributed by atoms with Gasteiger partial charge in [-0.15, -0.1) is 0 Å². The summed E-state index contributed by atoms with van der Waals surface area (Å²) in [5, 5.41) is 7.15. The molecule has 1 aliphatic rings. The molecule has 1 aromatic carbocycles. The van der Waals surface area contributed by atoms with Gasteiger partial charge in [0, 0.05) is 29.2 Å². The number of hydrogen-bond donors (Lipinski definition) is 2. The zero-order chi connectivity index (χ0) is 11.6. The summed E-state index contributed by atoms with van der Waals surface area (Å²) in [5.74, 6) is -0.241. The van der Waals surface area contributed by atoms with Gasteiger partial charge in [0.1, 0.15) is 5.82 Å². The second-order valence-electron chi connectivity index (χ2n) is 4.54. The van der Waals surface area contributed by atoms with Crippen LogP contribution in [-0.2, 0) is 6.54 Å². The van der Waals surface area contributed by atoms with Crippen LogP contribution in [0.4, 0.5) is 4.39 Å². The van der Waals surface area contributed by atoms with Crippen LogP contribution in [0.3, 0.4) is 0 Å². The van der Waals surface area contributed by atoms with E-state index in [1.165, 1.54) is 6.07 Å². The van der Waals surface area contributed by atoms with Gasteiger partial charge in [0.05, 0.1) is 0 Å². The first-order valence-corrected chi connectivity index (χ1v) is 5.87. The van der Waals surface area contributed by atoms with E-state index in [2.05, 4.69) is 17.6 Å². The minimum absolute atomic E-state index is 0.0472. The van der Waals surface area contributed by atoms with Crippen LogP contribution in [0.2, 0.25) is 5.02 Å². The zero-order valence-electron chi connectivity index (χ0n) is 9.32. The van der Waals surface area contributed by atoms with Crippen molar-refractivity contribution in [1.82, 2.24) is 10.6 Å². The number of nitrogens with one attached hydrogen (secondary N) is 2. The van der Waals surface area contributed by atoms with E-state index in [4.69, 9.17) is 11.6 Å². The molecule has 1 atom stereocenters. The van der Waals surface area contributed by atoms with E-state index in [9.17, 15) is 4.39 Å². The van der Waals surface area contributed by atoms with Crippen LogP contribution in [-0.4, -0.2) is 18.6 Å². The van der Waals surface area contributed by atoms with Gasteiger partial charge in [0.25, 0.3) is 0 Å². The predicted octanol–water partition coefficient (Wildman–Crippen LogP) is 2.32. The monoisotopic (exact) mass is 242 g/mol. The Morgan fingerprint density at radius 2 is 2.38 bits per heavy atom. The van der Waals surface area contributed by atoms with Crippen LogP contribution >= 0.6 is 11.6 Å². The van der Waals surface area contributed by atoms with Crippen molar-refractivity contribution in [3.63, 3.8) is 0 Å². The minimum atomic E-state index is -0.241. The molecule has 1 saturated heterocycles. The van der Waals surface area contributed by atoms with E-state index in [0.717, 1.165) is 19.5 Å². The van der Waals surface area contributed by atoms with Crippen molar-refractivity contribution in [2.75, 3.05) is 13.1 Å². The lowest BCUT2D eigenvalue weighted by Gasteiger charge is -2.25. The normalized spacial score (nSPS) is 24.9. The number of halogens is 2. The molecule has 88 valence electrons. The van der Waals surface area contributed by atoms with Crippen molar-refractivity contribution in [2.45, 2.75) is 25.4 Å². The molecule has 0 bridgehead atoms. The third kappa shape index (κ3) is 2.54. The number of benzene rings is 1. The van der Waals surface area contributed by atoms with Crippen molar-refractivity contribution < 1.29 is 4.39 Å². The van der Waals surface area contributed by atoms with Crippen molar-refractivity contribution >= 4 is 11.6 Å². The Bertz CT molecular complexity index is 355. The number of hydrogen-bond acceptors (Lipinski definition) is 2. The Balaban J connectivity index is 2.04. The van der Waals surface area contributed by atoms with Crippen LogP contribution in [0.5, 0.6) is 0 Å². The molecule has 2 N–H and O–H groups in total. The van der Waals surface area contributed by atoms with Crippen molar-refractivity contribution in [2.24, 2.45) is 0 Å². The molecule has 0 radical (unpaired) electrons. The fourth-order valence-corrected chi connectivity index (χ4v) is 2.20. The first-order valence-electron chi connectivity index (χ1n) is 5.49. The van der Waals surface area contributed by atoms with Gasteiger partial charge in [0.15, 0.2) is 0 Å². The Hall–Kier alpha value is -0.640. The molecule has 0 spiro atoms. The SMILES string of the molecule is CC1(NCc2c(F)cccc2Cl)CCNC1. The maximum atomic E-state index is 13.5. The number of rotatable bonds is 3. The lowest BCUT2D eigenvalue weighted by Crippen LogP contribution is -2.43. The first kappa shape index (κ1) is 11.8. The molecule has 1 aromatic rings. The summed E-state index contributed by atoms with van der Waals surface area (Å²) in [4.78, 5) is 0. The second-order valence-corrected chi connectivity index (χ2v) is 4.95. The van der Waals surface area contributed by atoms with Crippen LogP contribution in [0.15, 0.2) is 18.2 Å². The zero-order valence-corrected chi connectivity index (χ0v) is 10.1. The topological polar surface area (TPSA) is 24.1 Å². The van der Waals surface area contributed by atoms with Crippen LogP contribution in [0, 0.1) is 5.82 Å². The predicted molar refractivity (Wildman–Crippen MR) is 64.1 cm³/mol. The lowest BCUT2D eigenvalue weighted by atomic mass is 10.0.